The molecular formula is C25H46BrNO3S. The highest BCUT2D eigenvalue weighted by atomic mass is 79.9. The molecule has 0 spiro atoms. The summed E-state index contributed by atoms with van der Waals surface area (Å²) in [4.78, 5) is -0.178. The Morgan fingerprint density at radius 1 is 0.774 bits per heavy atom. The van der Waals surface area contributed by atoms with E-state index in [9.17, 15) is 13.0 Å². The van der Waals surface area contributed by atoms with Crippen LogP contribution >= 0.6 is 15.9 Å². The molecule has 0 bridgehead atoms. The lowest BCUT2D eigenvalue weighted by Gasteiger charge is -2.35. The molecule has 31 heavy (non-hydrogen) atoms. The van der Waals surface area contributed by atoms with E-state index in [4.69, 9.17) is 0 Å². The van der Waals surface area contributed by atoms with E-state index < -0.39 is 10.1 Å². The average molecular weight is 521 g/mol. The second kappa shape index (κ2) is 18.0. The molecule has 0 saturated heterocycles. The van der Waals surface area contributed by atoms with Gasteiger partial charge in [0, 0.05) is 5.33 Å². The number of rotatable bonds is 16. The van der Waals surface area contributed by atoms with E-state index >= 15 is 0 Å². The molecule has 0 fully saturated rings. The van der Waals surface area contributed by atoms with Crippen molar-refractivity contribution in [1.29, 1.82) is 0 Å². The molecule has 1 unspecified atom stereocenters. The summed E-state index contributed by atoms with van der Waals surface area (Å²) < 4.78 is 32.5. The molecule has 0 radical (unpaired) electrons. The Balaban J connectivity index is 0.000000683. The third-order valence-corrected chi connectivity index (χ3v) is 7.15. The molecule has 0 aliphatic heterocycles. The zero-order chi connectivity index (χ0) is 23.6. The summed E-state index contributed by atoms with van der Waals surface area (Å²) in [6.45, 7) is 10.6. The van der Waals surface area contributed by atoms with Crippen molar-refractivity contribution in [3.05, 3.63) is 29.8 Å². The van der Waals surface area contributed by atoms with Gasteiger partial charge in [-0.3, -0.25) is 0 Å². The molecule has 0 aliphatic rings. The molecule has 1 atom stereocenters. The first kappa shape index (κ1) is 30.6. The molecule has 0 aliphatic carbocycles. The number of unbranched alkanes of at least 4 members (excludes halogenated alkanes) is 8. The van der Waals surface area contributed by atoms with Crippen LogP contribution in [0, 0.1) is 6.92 Å². The topological polar surface area (TPSA) is 57.2 Å². The maximum Gasteiger partial charge on any atom is 0.124 e. The van der Waals surface area contributed by atoms with Crippen molar-refractivity contribution in [1.82, 2.24) is 0 Å². The number of hydrogen-bond acceptors (Lipinski definition) is 3. The molecule has 1 aromatic carbocycles. The van der Waals surface area contributed by atoms with Crippen LogP contribution in [0.4, 0.5) is 0 Å². The van der Waals surface area contributed by atoms with E-state index in [2.05, 4.69) is 36.8 Å². The van der Waals surface area contributed by atoms with Gasteiger partial charge < -0.3 is 9.04 Å². The lowest BCUT2D eigenvalue weighted by Crippen LogP contribution is -2.46. The first-order valence-electron chi connectivity index (χ1n) is 12.1. The lowest BCUT2D eigenvalue weighted by atomic mass is 10.1. The van der Waals surface area contributed by atoms with Gasteiger partial charge in [-0.1, -0.05) is 79.6 Å². The van der Waals surface area contributed by atoms with E-state index in [0.717, 1.165) is 5.56 Å². The quantitative estimate of drug-likeness (QED) is 0.101. The largest absolute Gasteiger partial charge is 0.744 e. The van der Waals surface area contributed by atoms with Crippen molar-refractivity contribution in [3.8, 4) is 0 Å². The standard InChI is InChI=1S/C18H39BrN.C7H8O3S/c1-4-6-8-10-13-17-20(3,18-14-11-15-19)16-12-9-7-5-2;1-6-2-4-7(5-3-6)11(8,9)10/h4-18H2,1-3H3;2-5H,1H3,(H,8,9,10)/q+1;/p-1. The fourth-order valence-electron chi connectivity index (χ4n) is 3.65. The molecule has 0 saturated carbocycles. The molecule has 0 aromatic heterocycles. The number of aryl methyl sites for hydroxylation is 1. The van der Waals surface area contributed by atoms with Crippen LogP contribution in [0.5, 0.6) is 0 Å². The van der Waals surface area contributed by atoms with E-state index in [1.807, 2.05) is 6.92 Å². The second-order valence-electron chi connectivity index (χ2n) is 8.93. The van der Waals surface area contributed by atoms with Gasteiger partial charge in [-0.15, -0.1) is 0 Å². The number of benzene rings is 1. The van der Waals surface area contributed by atoms with Crippen molar-refractivity contribution < 1.29 is 17.5 Å². The molecule has 0 amide bonds. The number of alkyl halides is 1. The van der Waals surface area contributed by atoms with Gasteiger partial charge in [0.15, 0.2) is 0 Å². The van der Waals surface area contributed by atoms with Crippen molar-refractivity contribution in [2.75, 3.05) is 32.0 Å². The van der Waals surface area contributed by atoms with Gasteiger partial charge in [0.1, 0.15) is 10.1 Å². The van der Waals surface area contributed by atoms with E-state index in [1.54, 1.807) is 12.1 Å². The predicted octanol–water partition coefficient (Wildman–Crippen LogP) is 7.06. The number of quaternary nitrogens is 1. The summed E-state index contributed by atoms with van der Waals surface area (Å²) in [6, 6.07) is 5.78. The molecular weight excluding hydrogens is 474 g/mol. The van der Waals surface area contributed by atoms with Crippen molar-refractivity contribution in [2.24, 2.45) is 0 Å². The number of nitrogens with zero attached hydrogens (tertiary/aromatic N) is 1. The summed E-state index contributed by atoms with van der Waals surface area (Å²) in [6.07, 6.45) is 15.4. The molecule has 4 nitrogen and oxygen atoms in total. The Kier molecular flexibility index (Phi) is 17.8. The van der Waals surface area contributed by atoms with Crippen molar-refractivity contribution in [3.63, 3.8) is 0 Å². The summed E-state index contributed by atoms with van der Waals surface area (Å²) in [7, 11) is -1.77. The molecule has 1 aromatic rings. The zero-order valence-corrected chi connectivity index (χ0v) is 22.8. The highest BCUT2D eigenvalue weighted by Gasteiger charge is 2.19. The van der Waals surface area contributed by atoms with Gasteiger partial charge in [0.25, 0.3) is 0 Å². The van der Waals surface area contributed by atoms with Crippen LogP contribution in [0.3, 0.4) is 0 Å². The van der Waals surface area contributed by atoms with E-state index in [-0.39, 0.29) is 4.90 Å². The smallest absolute Gasteiger partial charge is 0.124 e. The van der Waals surface area contributed by atoms with Crippen LogP contribution in [0.1, 0.15) is 90.0 Å². The monoisotopic (exact) mass is 519 g/mol. The van der Waals surface area contributed by atoms with Crippen LogP contribution in [0.25, 0.3) is 0 Å². The Bertz CT molecular complexity index is 649. The van der Waals surface area contributed by atoms with Gasteiger partial charge >= 0.3 is 0 Å². The fraction of sp³-hybridized carbons (Fsp3) is 0.760. The van der Waals surface area contributed by atoms with Crippen LogP contribution in [0.2, 0.25) is 0 Å². The van der Waals surface area contributed by atoms with Crippen LogP contribution in [-0.2, 0) is 10.1 Å². The van der Waals surface area contributed by atoms with Gasteiger partial charge in [-0.25, -0.2) is 8.42 Å². The van der Waals surface area contributed by atoms with Crippen molar-refractivity contribution >= 4 is 26.0 Å². The molecule has 1 rings (SSSR count). The third-order valence-electron chi connectivity index (χ3n) is 5.74. The molecule has 6 heteroatoms. The first-order valence-corrected chi connectivity index (χ1v) is 14.6. The number of halogens is 1. The predicted molar refractivity (Wildman–Crippen MR) is 136 cm³/mol. The van der Waals surface area contributed by atoms with Gasteiger partial charge in [-0.2, -0.15) is 0 Å². The Morgan fingerprint density at radius 3 is 1.61 bits per heavy atom. The SMILES string of the molecule is CCCCCCC[N+](C)(CCCCBr)CCCCCC.Cc1ccc(S(=O)(=O)[O-])cc1. The van der Waals surface area contributed by atoms with Gasteiger partial charge in [0.2, 0.25) is 0 Å². The minimum atomic E-state index is -4.27. The average Bonchev–Trinajstić information content (AvgIpc) is 2.72. The minimum absolute atomic E-state index is 0.178. The Morgan fingerprint density at radius 2 is 1.19 bits per heavy atom. The van der Waals surface area contributed by atoms with Crippen LogP contribution in [-0.4, -0.2) is 49.5 Å². The molecule has 0 N–H and O–H groups in total. The van der Waals surface area contributed by atoms with Crippen LogP contribution in [0.15, 0.2) is 29.2 Å². The maximum absolute atomic E-state index is 10.4. The van der Waals surface area contributed by atoms with E-state index in [1.165, 1.54) is 112 Å². The van der Waals surface area contributed by atoms with Crippen LogP contribution < -0.4 is 0 Å². The zero-order valence-electron chi connectivity index (χ0n) is 20.4. The Labute approximate surface area is 201 Å². The summed E-state index contributed by atoms with van der Waals surface area (Å²) in [5.74, 6) is 0. The Hall–Kier alpha value is -0.430. The lowest BCUT2D eigenvalue weighted by molar-refractivity contribution is -0.910. The fourth-order valence-corrected chi connectivity index (χ4v) is 4.51. The van der Waals surface area contributed by atoms with E-state index in [0.29, 0.717) is 0 Å². The highest BCUT2D eigenvalue weighted by Crippen LogP contribution is 2.14. The summed E-state index contributed by atoms with van der Waals surface area (Å²) in [5.41, 5.74) is 0.928. The molecule has 182 valence electrons. The van der Waals surface area contributed by atoms with Gasteiger partial charge in [-0.05, 0) is 57.6 Å². The summed E-state index contributed by atoms with van der Waals surface area (Å²) >= 11 is 3.56. The molecule has 0 heterocycles. The van der Waals surface area contributed by atoms with Crippen molar-refractivity contribution in [2.45, 2.75) is 96.3 Å². The highest BCUT2D eigenvalue weighted by molar-refractivity contribution is 9.09. The third kappa shape index (κ3) is 16.8. The summed E-state index contributed by atoms with van der Waals surface area (Å²) in [5, 5.41) is 1.17. The number of hydrogen-bond donors (Lipinski definition) is 0. The second-order valence-corrected chi connectivity index (χ2v) is 11.1. The normalized spacial score (nSPS) is 13.4. The minimum Gasteiger partial charge on any atom is -0.744 e. The maximum atomic E-state index is 10.4. The van der Waals surface area contributed by atoms with Gasteiger partial charge in [0.05, 0.1) is 31.6 Å². The first-order chi connectivity index (χ1) is 14.7.